The Bertz CT molecular complexity index is 645. The molecule has 0 heterocycles. The smallest absolute Gasteiger partial charge is 0.335 e. The fourth-order valence-electron chi connectivity index (χ4n) is 2.06. The summed E-state index contributed by atoms with van der Waals surface area (Å²) in [5.74, 6) is -0.863. The van der Waals surface area contributed by atoms with Gasteiger partial charge in [-0.3, -0.25) is 0 Å². The number of halogens is 2. The van der Waals surface area contributed by atoms with Crippen molar-refractivity contribution in [1.29, 1.82) is 0 Å². The second-order valence-electron chi connectivity index (χ2n) is 4.73. The van der Waals surface area contributed by atoms with Crippen molar-refractivity contribution in [3.63, 3.8) is 0 Å². The zero-order chi connectivity index (χ0) is 15.5. The van der Waals surface area contributed by atoms with Crippen molar-refractivity contribution in [2.45, 2.75) is 12.5 Å². The van der Waals surface area contributed by atoms with Gasteiger partial charge in [0.05, 0.1) is 17.8 Å². The van der Waals surface area contributed by atoms with Crippen molar-refractivity contribution < 1.29 is 13.9 Å². The van der Waals surface area contributed by atoms with Crippen molar-refractivity contribution in [2.24, 2.45) is 0 Å². The average molecular weight is 308 g/mol. The van der Waals surface area contributed by atoms with E-state index in [4.69, 9.17) is 16.3 Å². The highest BCUT2D eigenvalue weighted by atomic mass is 35.5. The summed E-state index contributed by atoms with van der Waals surface area (Å²) in [6.45, 7) is 1.66. The molecule has 5 heteroatoms. The van der Waals surface area contributed by atoms with Crippen LogP contribution in [0.2, 0.25) is 5.02 Å². The number of benzene rings is 2. The molecule has 1 unspecified atom stereocenters. The lowest BCUT2D eigenvalue weighted by atomic mass is 9.91. The van der Waals surface area contributed by atoms with Gasteiger partial charge in [-0.2, -0.15) is 0 Å². The highest BCUT2D eigenvalue weighted by molar-refractivity contribution is 6.33. The molecule has 0 amide bonds. The molecule has 2 aromatic carbocycles. The predicted octanol–water partition coefficient (Wildman–Crippen LogP) is 3.98. The first-order chi connectivity index (χ1) is 9.97. The monoisotopic (exact) mass is 307 g/mol. The van der Waals surface area contributed by atoms with E-state index in [-0.39, 0.29) is 5.82 Å². The number of carbonyl (C=O) groups excluding carboxylic acids is 1. The van der Waals surface area contributed by atoms with E-state index >= 15 is 0 Å². The van der Waals surface area contributed by atoms with E-state index in [1.807, 2.05) is 0 Å². The molecule has 0 bridgehead atoms. The standard InChI is InChI=1S/C16H15ClFNO2/c1-16(15(20)21-2,11-7-9-12(18)10-8-11)19-14-6-4-3-5-13(14)17/h3-10,19H,1-2H3. The fraction of sp³-hybridized carbons (Fsp3) is 0.188. The van der Waals surface area contributed by atoms with Crippen LogP contribution in [-0.4, -0.2) is 13.1 Å². The van der Waals surface area contributed by atoms with Crippen LogP contribution >= 0.6 is 11.6 Å². The van der Waals surface area contributed by atoms with Crippen molar-refractivity contribution in [2.75, 3.05) is 12.4 Å². The molecular weight excluding hydrogens is 293 g/mol. The topological polar surface area (TPSA) is 38.3 Å². The first-order valence-electron chi connectivity index (χ1n) is 6.34. The van der Waals surface area contributed by atoms with Gasteiger partial charge in [-0.05, 0) is 36.8 Å². The van der Waals surface area contributed by atoms with Crippen LogP contribution in [0.5, 0.6) is 0 Å². The van der Waals surface area contributed by atoms with Crippen molar-refractivity contribution >= 4 is 23.3 Å². The van der Waals surface area contributed by atoms with Gasteiger partial charge in [-0.15, -0.1) is 0 Å². The third kappa shape index (κ3) is 3.16. The van der Waals surface area contributed by atoms with Gasteiger partial charge in [0, 0.05) is 0 Å². The quantitative estimate of drug-likeness (QED) is 0.868. The number of rotatable bonds is 4. The number of ether oxygens (including phenoxy) is 1. The largest absolute Gasteiger partial charge is 0.467 e. The minimum Gasteiger partial charge on any atom is -0.467 e. The summed E-state index contributed by atoms with van der Waals surface area (Å²) in [5.41, 5.74) is 0.0000337. The second-order valence-corrected chi connectivity index (χ2v) is 5.14. The van der Waals surface area contributed by atoms with Gasteiger partial charge < -0.3 is 10.1 Å². The van der Waals surface area contributed by atoms with E-state index in [0.29, 0.717) is 16.3 Å². The van der Waals surface area contributed by atoms with Crippen LogP contribution in [0.4, 0.5) is 10.1 Å². The van der Waals surface area contributed by atoms with Crippen molar-refractivity contribution in [3.8, 4) is 0 Å². The summed E-state index contributed by atoms with van der Waals surface area (Å²) < 4.78 is 18.0. The molecule has 3 nitrogen and oxygen atoms in total. The molecule has 21 heavy (non-hydrogen) atoms. The second kappa shape index (κ2) is 6.14. The Morgan fingerprint density at radius 3 is 2.38 bits per heavy atom. The number of esters is 1. The van der Waals surface area contributed by atoms with E-state index in [2.05, 4.69) is 5.32 Å². The van der Waals surface area contributed by atoms with Gasteiger partial charge in [-0.1, -0.05) is 35.9 Å². The van der Waals surface area contributed by atoms with Crippen molar-refractivity contribution in [3.05, 3.63) is 64.9 Å². The summed E-state index contributed by atoms with van der Waals surface area (Å²) in [4.78, 5) is 12.2. The Labute approximate surface area is 127 Å². The van der Waals surface area contributed by atoms with E-state index in [0.717, 1.165) is 0 Å². The van der Waals surface area contributed by atoms with E-state index in [1.54, 1.807) is 31.2 Å². The first kappa shape index (κ1) is 15.3. The Balaban J connectivity index is 2.45. The van der Waals surface area contributed by atoms with Gasteiger partial charge in [0.1, 0.15) is 5.82 Å². The molecule has 1 N–H and O–H groups in total. The molecule has 0 spiro atoms. The Morgan fingerprint density at radius 2 is 1.81 bits per heavy atom. The lowest BCUT2D eigenvalue weighted by Gasteiger charge is -2.30. The third-order valence-electron chi connectivity index (χ3n) is 3.27. The zero-order valence-electron chi connectivity index (χ0n) is 11.7. The van der Waals surface area contributed by atoms with Crippen LogP contribution in [0.25, 0.3) is 0 Å². The van der Waals surface area contributed by atoms with Crippen molar-refractivity contribution in [1.82, 2.24) is 0 Å². The lowest BCUT2D eigenvalue weighted by Crippen LogP contribution is -2.41. The third-order valence-corrected chi connectivity index (χ3v) is 3.60. The van der Waals surface area contributed by atoms with Gasteiger partial charge in [-0.25, -0.2) is 9.18 Å². The number of nitrogens with one attached hydrogen (secondary N) is 1. The molecule has 2 aromatic rings. The number of carbonyl (C=O) groups is 1. The SMILES string of the molecule is COC(=O)C(C)(Nc1ccccc1Cl)c1ccc(F)cc1. The molecule has 2 rings (SSSR count). The summed E-state index contributed by atoms with van der Waals surface area (Å²) in [6.07, 6.45) is 0. The van der Waals surface area contributed by atoms with E-state index in [9.17, 15) is 9.18 Å². The maximum absolute atomic E-state index is 13.1. The predicted molar refractivity (Wildman–Crippen MR) is 80.8 cm³/mol. The molecule has 0 saturated carbocycles. The maximum Gasteiger partial charge on any atom is 0.335 e. The van der Waals surface area contributed by atoms with Crippen LogP contribution in [0.15, 0.2) is 48.5 Å². The highest BCUT2D eigenvalue weighted by Gasteiger charge is 2.36. The number of para-hydroxylation sites is 1. The molecule has 0 aromatic heterocycles. The Hall–Kier alpha value is -2.07. The normalized spacial score (nSPS) is 13.3. The lowest BCUT2D eigenvalue weighted by molar-refractivity contribution is -0.145. The van der Waals surface area contributed by atoms with Crippen LogP contribution < -0.4 is 5.32 Å². The minimum atomic E-state index is -1.17. The van der Waals surface area contributed by atoms with Gasteiger partial charge in [0.25, 0.3) is 0 Å². The maximum atomic E-state index is 13.1. The first-order valence-corrected chi connectivity index (χ1v) is 6.72. The molecule has 0 fully saturated rings. The highest BCUT2D eigenvalue weighted by Crippen LogP contribution is 2.31. The Morgan fingerprint density at radius 1 is 1.19 bits per heavy atom. The molecule has 1 atom stereocenters. The Kier molecular flexibility index (Phi) is 4.48. The minimum absolute atomic E-state index is 0.372. The van der Waals surface area contributed by atoms with Gasteiger partial charge in [0.2, 0.25) is 0 Å². The van der Waals surface area contributed by atoms with Crippen LogP contribution in [0, 0.1) is 5.82 Å². The molecular formula is C16H15ClFNO2. The summed E-state index contributed by atoms with van der Waals surface area (Å²) >= 11 is 6.12. The molecule has 0 aliphatic carbocycles. The average Bonchev–Trinajstić information content (AvgIpc) is 2.49. The number of hydrogen-bond donors (Lipinski definition) is 1. The number of methoxy groups -OCH3 is 1. The number of hydrogen-bond acceptors (Lipinski definition) is 3. The van der Waals surface area contributed by atoms with Crippen LogP contribution in [-0.2, 0) is 15.1 Å². The van der Waals surface area contributed by atoms with Gasteiger partial charge in [0.15, 0.2) is 5.54 Å². The van der Waals surface area contributed by atoms with Crippen LogP contribution in [0.3, 0.4) is 0 Å². The molecule has 0 saturated heterocycles. The summed E-state index contributed by atoms with van der Waals surface area (Å²) in [7, 11) is 1.30. The summed E-state index contributed by atoms with van der Waals surface area (Å²) in [6, 6.07) is 12.7. The summed E-state index contributed by atoms with van der Waals surface area (Å²) in [5, 5.41) is 3.56. The van der Waals surface area contributed by atoms with E-state index in [1.165, 1.54) is 31.4 Å². The van der Waals surface area contributed by atoms with Crippen LogP contribution in [0.1, 0.15) is 12.5 Å². The molecule has 0 radical (unpaired) electrons. The molecule has 110 valence electrons. The number of anilines is 1. The van der Waals surface area contributed by atoms with E-state index < -0.39 is 11.5 Å². The van der Waals surface area contributed by atoms with Gasteiger partial charge >= 0.3 is 5.97 Å². The fourth-order valence-corrected chi connectivity index (χ4v) is 2.24. The molecule has 0 aliphatic rings. The molecule has 0 aliphatic heterocycles. The zero-order valence-corrected chi connectivity index (χ0v) is 12.4.